The Kier molecular flexibility index (Phi) is 6.33. The zero-order valence-electron chi connectivity index (χ0n) is 12.1. The lowest BCUT2D eigenvalue weighted by molar-refractivity contribution is 0.227. The first-order chi connectivity index (χ1) is 8.46. The second-order valence-corrected chi connectivity index (χ2v) is 7.09. The molecule has 0 spiro atoms. The molecule has 0 aliphatic carbocycles. The van der Waals surface area contributed by atoms with Gasteiger partial charge < -0.3 is 10.4 Å². The third-order valence-corrected chi connectivity index (χ3v) is 4.28. The average Bonchev–Trinajstić information content (AvgIpc) is 2.79. The summed E-state index contributed by atoms with van der Waals surface area (Å²) in [6.07, 6.45) is 1.95. The van der Waals surface area contributed by atoms with Crippen molar-refractivity contribution in [3.05, 3.63) is 22.4 Å². The van der Waals surface area contributed by atoms with E-state index in [1.54, 1.807) is 0 Å². The van der Waals surface area contributed by atoms with Gasteiger partial charge in [0.25, 0.3) is 0 Å². The Morgan fingerprint density at radius 1 is 1.39 bits per heavy atom. The van der Waals surface area contributed by atoms with E-state index in [0.29, 0.717) is 18.6 Å². The first kappa shape index (κ1) is 15.7. The number of aliphatic hydroxyl groups excluding tert-OH is 1. The van der Waals surface area contributed by atoms with E-state index in [-0.39, 0.29) is 5.41 Å². The summed E-state index contributed by atoms with van der Waals surface area (Å²) in [5, 5.41) is 14.8. The van der Waals surface area contributed by atoms with E-state index in [4.69, 9.17) is 5.11 Å². The van der Waals surface area contributed by atoms with Crippen molar-refractivity contribution in [2.75, 3.05) is 13.2 Å². The minimum atomic E-state index is 0.243. The lowest BCUT2D eigenvalue weighted by Gasteiger charge is -2.29. The molecule has 0 aromatic carbocycles. The van der Waals surface area contributed by atoms with Crippen LogP contribution in [0.3, 0.4) is 0 Å². The Labute approximate surface area is 115 Å². The third-order valence-electron chi connectivity index (χ3n) is 3.33. The van der Waals surface area contributed by atoms with E-state index < -0.39 is 0 Å². The topological polar surface area (TPSA) is 32.3 Å². The van der Waals surface area contributed by atoms with Crippen LogP contribution in [0.5, 0.6) is 0 Å². The van der Waals surface area contributed by atoms with Crippen molar-refractivity contribution >= 4 is 11.3 Å². The van der Waals surface area contributed by atoms with Crippen LogP contribution in [0.1, 0.15) is 51.5 Å². The van der Waals surface area contributed by atoms with Crippen LogP contribution in [0.15, 0.2) is 17.5 Å². The highest BCUT2D eigenvalue weighted by Gasteiger charge is 2.22. The maximum atomic E-state index is 8.93. The molecule has 1 heterocycles. The second kappa shape index (κ2) is 7.27. The largest absolute Gasteiger partial charge is 0.396 e. The van der Waals surface area contributed by atoms with Crippen molar-refractivity contribution < 1.29 is 5.11 Å². The van der Waals surface area contributed by atoms with Crippen molar-refractivity contribution in [2.24, 2.45) is 11.3 Å². The summed E-state index contributed by atoms with van der Waals surface area (Å²) in [5.41, 5.74) is 0.243. The Hall–Kier alpha value is -0.380. The van der Waals surface area contributed by atoms with Gasteiger partial charge in [-0.05, 0) is 35.6 Å². The molecule has 0 amide bonds. The van der Waals surface area contributed by atoms with Gasteiger partial charge in [-0.25, -0.2) is 0 Å². The Balaban J connectivity index is 2.53. The molecule has 1 aromatic heterocycles. The summed E-state index contributed by atoms with van der Waals surface area (Å²) < 4.78 is 0. The molecule has 1 aromatic rings. The summed E-state index contributed by atoms with van der Waals surface area (Å²) >= 11 is 1.83. The van der Waals surface area contributed by atoms with E-state index in [2.05, 4.69) is 50.5 Å². The van der Waals surface area contributed by atoms with Gasteiger partial charge in [0.15, 0.2) is 0 Å². The summed E-state index contributed by atoms with van der Waals surface area (Å²) in [4.78, 5) is 1.42. The van der Waals surface area contributed by atoms with E-state index in [0.717, 1.165) is 19.4 Å². The minimum Gasteiger partial charge on any atom is -0.396 e. The quantitative estimate of drug-likeness (QED) is 0.751. The van der Waals surface area contributed by atoms with Crippen LogP contribution in [0, 0.1) is 11.3 Å². The van der Waals surface area contributed by atoms with Gasteiger partial charge in [-0.15, -0.1) is 11.3 Å². The Morgan fingerprint density at radius 3 is 2.61 bits per heavy atom. The lowest BCUT2D eigenvalue weighted by Crippen LogP contribution is -2.34. The predicted octanol–water partition coefficient (Wildman–Crippen LogP) is 3.83. The maximum Gasteiger partial charge on any atom is 0.0438 e. The molecule has 0 aliphatic rings. The molecule has 0 fully saturated rings. The van der Waals surface area contributed by atoms with Gasteiger partial charge in [-0.3, -0.25) is 0 Å². The zero-order chi connectivity index (χ0) is 13.6. The highest BCUT2D eigenvalue weighted by molar-refractivity contribution is 7.10. The molecule has 3 heteroatoms. The number of hydrogen-bond donors (Lipinski definition) is 2. The van der Waals surface area contributed by atoms with Gasteiger partial charge in [0, 0.05) is 24.1 Å². The lowest BCUT2D eigenvalue weighted by atomic mass is 9.87. The summed E-state index contributed by atoms with van der Waals surface area (Å²) in [7, 11) is 0. The molecule has 0 radical (unpaired) electrons. The molecule has 1 unspecified atom stereocenters. The average molecular weight is 269 g/mol. The number of nitrogens with one attached hydrogen (secondary N) is 1. The van der Waals surface area contributed by atoms with Crippen LogP contribution in [-0.4, -0.2) is 18.3 Å². The SMILES string of the molecule is CC(C)C(NCC(C)(C)CCCO)c1cccs1. The van der Waals surface area contributed by atoms with Crippen molar-refractivity contribution in [3.8, 4) is 0 Å². The maximum absolute atomic E-state index is 8.93. The number of rotatable bonds is 8. The highest BCUT2D eigenvalue weighted by Crippen LogP contribution is 2.28. The van der Waals surface area contributed by atoms with Crippen LogP contribution in [0.2, 0.25) is 0 Å². The van der Waals surface area contributed by atoms with Crippen LogP contribution in [-0.2, 0) is 0 Å². The van der Waals surface area contributed by atoms with Gasteiger partial charge in [-0.1, -0.05) is 33.8 Å². The van der Waals surface area contributed by atoms with E-state index >= 15 is 0 Å². The van der Waals surface area contributed by atoms with E-state index in [1.807, 2.05) is 11.3 Å². The summed E-state index contributed by atoms with van der Waals surface area (Å²) in [6, 6.07) is 4.77. The predicted molar refractivity (Wildman–Crippen MR) is 80.0 cm³/mol. The van der Waals surface area contributed by atoms with Crippen LogP contribution >= 0.6 is 11.3 Å². The molecular formula is C15H27NOS. The zero-order valence-corrected chi connectivity index (χ0v) is 12.9. The summed E-state index contributed by atoms with van der Waals surface area (Å²) in [5.74, 6) is 0.595. The van der Waals surface area contributed by atoms with Gasteiger partial charge in [0.2, 0.25) is 0 Å². The number of aliphatic hydroxyl groups is 1. The van der Waals surface area contributed by atoms with Gasteiger partial charge >= 0.3 is 0 Å². The van der Waals surface area contributed by atoms with Gasteiger partial charge in [0.1, 0.15) is 0 Å². The van der Waals surface area contributed by atoms with E-state index in [9.17, 15) is 0 Å². The van der Waals surface area contributed by atoms with Crippen molar-refractivity contribution in [2.45, 2.75) is 46.6 Å². The standard InChI is InChI=1S/C15H27NOS/c1-12(2)14(13-7-5-10-18-13)16-11-15(3,4)8-6-9-17/h5,7,10,12,14,16-17H,6,8-9,11H2,1-4H3. The molecule has 1 atom stereocenters. The molecule has 0 saturated carbocycles. The first-order valence-corrected chi connectivity index (χ1v) is 7.72. The van der Waals surface area contributed by atoms with Crippen LogP contribution < -0.4 is 5.32 Å². The molecule has 104 valence electrons. The molecule has 0 aliphatic heterocycles. The van der Waals surface area contributed by atoms with Crippen molar-refractivity contribution in [1.29, 1.82) is 0 Å². The second-order valence-electron chi connectivity index (χ2n) is 6.11. The fourth-order valence-corrected chi connectivity index (χ4v) is 3.14. The van der Waals surface area contributed by atoms with Crippen LogP contribution in [0.25, 0.3) is 0 Å². The molecule has 1 rings (SSSR count). The van der Waals surface area contributed by atoms with E-state index in [1.165, 1.54) is 4.88 Å². The minimum absolute atomic E-state index is 0.243. The van der Waals surface area contributed by atoms with Gasteiger partial charge in [0.05, 0.1) is 0 Å². The molecule has 0 bridgehead atoms. The Morgan fingerprint density at radius 2 is 2.11 bits per heavy atom. The highest BCUT2D eigenvalue weighted by atomic mass is 32.1. The molecular weight excluding hydrogens is 242 g/mol. The fourth-order valence-electron chi connectivity index (χ4n) is 2.17. The first-order valence-electron chi connectivity index (χ1n) is 6.84. The third kappa shape index (κ3) is 5.09. The van der Waals surface area contributed by atoms with Crippen molar-refractivity contribution in [1.82, 2.24) is 5.32 Å². The molecule has 2 N–H and O–H groups in total. The monoisotopic (exact) mass is 269 g/mol. The Bertz CT molecular complexity index is 319. The number of hydrogen-bond acceptors (Lipinski definition) is 3. The molecule has 0 saturated heterocycles. The fraction of sp³-hybridized carbons (Fsp3) is 0.733. The molecule has 18 heavy (non-hydrogen) atoms. The summed E-state index contributed by atoms with van der Waals surface area (Å²) in [6.45, 7) is 10.3. The number of thiophene rings is 1. The van der Waals surface area contributed by atoms with Crippen molar-refractivity contribution in [3.63, 3.8) is 0 Å². The van der Waals surface area contributed by atoms with Gasteiger partial charge in [-0.2, -0.15) is 0 Å². The normalized spacial score (nSPS) is 14.1. The smallest absolute Gasteiger partial charge is 0.0438 e. The molecule has 2 nitrogen and oxygen atoms in total. The van der Waals surface area contributed by atoms with Crippen LogP contribution in [0.4, 0.5) is 0 Å².